The third-order valence-electron chi connectivity index (χ3n) is 4.19. The molecule has 0 spiro atoms. The van der Waals surface area contributed by atoms with E-state index >= 15 is 0 Å². The number of amides is 2. The van der Waals surface area contributed by atoms with Gasteiger partial charge in [-0.3, -0.25) is 20.4 Å². The molecule has 0 fully saturated rings. The van der Waals surface area contributed by atoms with E-state index < -0.39 is 5.91 Å². The number of hydrazine groups is 1. The molecule has 1 aromatic carbocycles. The summed E-state index contributed by atoms with van der Waals surface area (Å²) in [6.07, 6.45) is 3.24. The highest BCUT2D eigenvalue weighted by molar-refractivity contribution is 7.14. The molecular weight excluding hydrogens is 336 g/mol. The number of carbonyl (C=O) groups is 2. The van der Waals surface area contributed by atoms with Gasteiger partial charge in [-0.1, -0.05) is 32.0 Å². The molecule has 5 nitrogen and oxygen atoms in total. The van der Waals surface area contributed by atoms with E-state index in [0.717, 1.165) is 24.8 Å². The summed E-state index contributed by atoms with van der Waals surface area (Å²) >= 11 is 1.50. The Morgan fingerprint density at radius 2 is 2.00 bits per heavy atom. The van der Waals surface area contributed by atoms with Crippen LogP contribution in [0.3, 0.4) is 0 Å². The van der Waals surface area contributed by atoms with Gasteiger partial charge in [-0.25, -0.2) is 0 Å². The summed E-state index contributed by atoms with van der Waals surface area (Å²) in [6, 6.07) is 9.56. The quantitative estimate of drug-likeness (QED) is 0.807. The largest absolute Gasteiger partial charge is 0.483 e. The van der Waals surface area contributed by atoms with Gasteiger partial charge in [0.1, 0.15) is 5.75 Å². The van der Waals surface area contributed by atoms with Crippen LogP contribution in [0.2, 0.25) is 0 Å². The first-order chi connectivity index (χ1) is 12.0. The highest BCUT2D eigenvalue weighted by atomic mass is 32.1. The number of aryl methyl sites for hydroxylation is 2. The van der Waals surface area contributed by atoms with Crippen molar-refractivity contribution in [2.45, 2.75) is 39.0 Å². The molecule has 2 aromatic rings. The molecule has 0 unspecified atom stereocenters. The standard InChI is InChI=1S/C19H22N2O3S/c1-12(2)14-7-3-4-8-15(14)24-11-18(22)20-21-19(23)17-10-13-6-5-9-16(13)25-17/h3-4,7-8,10,12H,5-6,9,11H2,1-2H3,(H,20,22)(H,21,23). The zero-order valence-electron chi connectivity index (χ0n) is 14.4. The van der Waals surface area contributed by atoms with E-state index in [0.29, 0.717) is 16.5 Å². The number of thiophene rings is 1. The zero-order valence-corrected chi connectivity index (χ0v) is 15.2. The van der Waals surface area contributed by atoms with Gasteiger partial charge >= 0.3 is 0 Å². The Bertz CT molecular complexity index is 761. The molecule has 3 rings (SSSR count). The molecule has 0 saturated carbocycles. The van der Waals surface area contributed by atoms with Crippen molar-refractivity contribution < 1.29 is 14.3 Å². The molecule has 1 heterocycles. The first-order valence-electron chi connectivity index (χ1n) is 8.47. The molecule has 6 heteroatoms. The van der Waals surface area contributed by atoms with Gasteiger partial charge < -0.3 is 4.74 Å². The van der Waals surface area contributed by atoms with E-state index in [-0.39, 0.29) is 12.5 Å². The van der Waals surface area contributed by atoms with Crippen molar-refractivity contribution in [3.63, 3.8) is 0 Å². The third kappa shape index (κ3) is 4.20. The van der Waals surface area contributed by atoms with Crippen molar-refractivity contribution >= 4 is 23.2 Å². The maximum Gasteiger partial charge on any atom is 0.279 e. The fraction of sp³-hybridized carbons (Fsp3) is 0.368. The van der Waals surface area contributed by atoms with Crippen LogP contribution in [0.5, 0.6) is 5.75 Å². The summed E-state index contributed by atoms with van der Waals surface area (Å²) in [7, 11) is 0. The van der Waals surface area contributed by atoms with Crippen LogP contribution in [-0.4, -0.2) is 18.4 Å². The molecule has 25 heavy (non-hydrogen) atoms. The second-order valence-corrected chi connectivity index (χ2v) is 7.53. The minimum Gasteiger partial charge on any atom is -0.483 e. The number of hydrogen-bond acceptors (Lipinski definition) is 4. The summed E-state index contributed by atoms with van der Waals surface area (Å²) in [5.41, 5.74) is 7.17. The lowest BCUT2D eigenvalue weighted by molar-refractivity contribution is -0.123. The monoisotopic (exact) mass is 358 g/mol. The SMILES string of the molecule is CC(C)c1ccccc1OCC(=O)NNC(=O)c1cc2c(s1)CCC2. The van der Waals surface area contributed by atoms with E-state index in [4.69, 9.17) is 4.74 Å². The van der Waals surface area contributed by atoms with Crippen molar-refractivity contribution in [2.75, 3.05) is 6.61 Å². The maximum absolute atomic E-state index is 12.1. The van der Waals surface area contributed by atoms with Crippen molar-refractivity contribution in [2.24, 2.45) is 0 Å². The lowest BCUT2D eigenvalue weighted by Crippen LogP contribution is -2.43. The van der Waals surface area contributed by atoms with E-state index in [2.05, 4.69) is 24.7 Å². The Kier molecular flexibility index (Phi) is 5.38. The van der Waals surface area contributed by atoms with Gasteiger partial charge in [0.15, 0.2) is 6.61 Å². The molecule has 0 bridgehead atoms. The van der Waals surface area contributed by atoms with Crippen molar-refractivity contribution in [1.82, 2.24) is 10.9 Å². The summed E-state index contributed by atoms with van der Waals surface area (Å²) in [4.78, 5) is 26.0. The summed E-state index contributed by atoms with van der Waals surface area (Å²) < 4.78 is 5.59. The molecule has 0 aliphatic heterocycles. The number of carbonyl (C=O) groups excluding carboxylic acids is 2. The predicted octanol–water partition coefficient (Wildman–Crippen LogP) is 3.20. The predicted molar refractivity (Wildman–Crippen MR) is 98.0 cm³/mol. The number of benzene rings is 1. The Hall–Kier alpha value is -2.34. The molecule has 0 atom stereocenters. The van der Waals surface area contributed by atoms with E-state index in [1.165, 1.54) is 21.8 Å². The van der Waals surface area contributed by atoms with Crippen LogP contribution >= 0.6 is 11.3 Å². The molecule has 1 aliphatic rings. The van der Waals surface area contributed by atoms with Crippen LogP contribution in [0.1, 0.15) is 51.9 Å². The molecule has 132 valence electrons. The first kappa shape index (κ1) is 17.5. The normalized spacial score (nSPS) is 12.8. The highest BCUT2D eigenvalue weighted by Gasteiger charge is 2.18. The Morgan fingerprint density at radius 3 is 2.76 bits per heavy atom. The molecule has 0 saturated heterocycles. The lowest BCUT2D eigenvalue weighted by atomic mass is 10.0. The summed E-state index contributed by atoms with van der Waals surface area (Å²) in [5, 5.41) is 0. The zero-order chi connectivity index (χ0) is 17.8. The van der Waals surface area contributed by atoms with Crippen LogP contribution in [0.15, 0.2) is 30.3 Å². The Balaban J connectivity index is 1.49. The Morgan fingerprint density at radius 1 is 1.20 bits per heavy atom. The van der Waals surface area contributed by atoms with E-state index in [9.17, 15) is 9.59 Å². The fourth-order valence-electron chi connectivity index (χ4n) is 2.90. The fourth-order valence-corrected chi connectivity index (χ4v) is 4.05. The Labute approximate surface area is 151 Å². The first-order valence-corrected chi connectivity index (χ1v) is 9.28. The highest BCUT2D eigenvalue weighted by Crippen LogP contribution is 2.30. The van der Waals surface area contributed by atoms with Crippen molar-refractivity contribution in [1.29, 1.82) is 0 Å². The van der Waals surface area contributed by atoms with E-state index in [1.807, 2.05) is 30.3 Å². The van der Waals surface area contributed by atoms with Gasteiger partial charge in [0, 0.05) is 4.88 Å². The van der Waals surface area contributed by atoms with Gasteiger partial charge in [0.25, 0.3) is 11.8 Å². The number of ether oxygens (including phenoxy) is 1. The minimum atomic E-state index is -0.393. The van der Waals surface area contributed by atoms with Crippen LogP contribution in [0.25, 0.3) is 0 Å². The van der Waals surface area contributed by atoms with Crippen LogP contribution in [0.4, 0.5) is 0 Å². The van der Waals surface area contributed by atoms with Gasteiger partial charge in [-0.2, -0.15) is 0 Å². The van der Waals surface area contributed by atoms with Crippen molar-refractivity contribution in [3.05, 3.63) is 51.2 Å². The van der Waals surface area contributed by atoms with Gasteiger partial charge in [-0.15, -0.1) is 11.3 Å². The van der Waals surface area contributed by atoms with Crippen LogP contribution in [0, 0.1) is 0 Å². The summed E-state index contributed by atoms with van der Waals surface area (Å²) in [6.45, 7) is 3.99. The summed E-state index contributed by atoms with van der Waals surface area (Å²) in [5.74, 6) is 0.319. The van der Waals surface area contributed by atoms with E-state index in [1.54, 1.807) is 0 Å². The number of nitrogens with one attached hydrogen (secondary N) is 2. The molecule has 2 N–H and O–H groups in total. The minimum absolute atomic E-state index is 0.148. The maximum atomic E-state index is 12.1. The second-order valence-electron chi connectivity index (χ2n) is 6.40. The van der Waals surface area contributed by atoms with Gasteiger partial charge in [-0.05, 0) is 48.4 Å². The van der Waals surface area contributed by atoms with Gasteiger partial charge in [0.2, 0.25) is 0 Å². The number of para-hydroxylation sites is 1. The number of hydrogen-bond donors (Lipinski definition) is 2. The molecule has 2 amide bonds. The molecule has 1 aromatic heterocycles. The molecular formula is C19H22N2O3S. The van der Waals surface area contributed by atoms with Crippen LogP contribution in [-0.2, 0) is 17.6 Å². The topological polar surface area (TPSA) is 67.4 Å². The second kappa shape index (κ2) is 7.70. The average Bonchev–Trinajstić information content (AvgIpc) is 3.19. The third-order valence-corrected chi connectivity index (χ3v) is 5.42. The van der Waals surface area contributed by atoms with Crippen LogP contribution < -0.4 is 15.6 Å². The average molecular weight is 358 g/mol. The van der Waals surface area contributed by atoms with Gasteiger partial charge in [0.05, 0.1) is 4.88 Å². The number of rotatable bonds is 5. The molecule has 0 radical (unpaired) electrons. The van der Waals surface area contributed by atoms with Crippen molar-refractivity contribution in [3.8, 4) is 5.75 Å². The number of fused-ring (bicyclic) bond motifs is 1. The smallest absolute Gasteiger partial charge is 0.279 e. The lowest BCUT2D eigenvalue weighted by Gasteiger charge is -2.13. The molecule has 1 aliphatic carbocycles.